The van der Waals surface area contributed by atoms with E-state index in [1.54, 1.807) is 0 Å². The second-order valence-corrected chi connectivity index (χ2v) is 9.06. The van der Waals surface area contributed by atoms with E-state index in [2.05, 4.69) is 6.07 Å². The minimum absolute atomic E-state index is 0.00678. The lowest BCUT2D eigenvalue weighted by Crippen LogP contribution is -2.35. The Morgan fingerprint density at radius 3 is 2.69 bits per heavy atom. The number of fused-ring (bicyclic) bond motifs is 1. The van der Waals surface area contributed by atoms with Gasteiger partial charge in [0.25, 0.3) is 0 Å². The fourth-order valence-corrected chi connectivity index (χ4v) is 3.95. The third-order valence-corrected chi connectivity index (χ3v) is 5.75. The second kappa shape index (κ2) is 8.12. The molecular formula is C21H22FO6S-. The average molecular weight is 421 g/mol. The summed E-state index contributed by atoms with van der Waals surface area (Å²) in [5.41, 5.74) is 1.70. The van der Waals surface area contributed by atoms with Crippen LogP contribution in [0.25, 0.3) is 0 Å². The van der Waals surface area contributed by atoms with Gasteiger partial charge in [-0.15, -0.1) is 0 Å². The monoisotopic (exact) mass is 421 g/mol. The standard InChI is InChI=1S/C21H23FO6S/c1-21(2,17-9-7-14-5-3-4-6-16(14)17)28-19-13-15(8-10-18(19)22)20(23)27-11-12-29(24,25)26/h3-6,8,10,13,17H,7,9,11-12H2,1-2H3,(H,24,25,26)/p-1. The van der Waals surface area contributed by atoms with Gasteiger partial charge >= 0.3 is 5.97 Å². The van der Waals surface area contributed by atoms with Crippen LogP contribution in [-0.4, -0.2) is 36.9 Å². The molecule has 2 aromatic carbocycles. The molecule has 0 aromatic heterocycles. The van der Waals surface area contributed by atoms with Crippen molar-refractivity contribution in [3.8, 4) is 5.75 Å². The molecule has 29 heavy (non-hydrogen) atoms. The fraction of sp³-hybridized carbons (Fsp3) is 0.381. The summed E-state index contributed by atoms with van der Waals surface area (Å²) in [6, 6.07) is 11.6. The Kier molecular flexibility index (Phi) is 5.95. The van der Waals surface area contributed by atoms with Gasteiger partial charge in [0.05, 0.1) is 21.4 Å². The topological polar surface area (TPSA) is 92.7 Å². The first-order valence-corrected chi connectivity index (χ1v) is 10.8. The highest BCUT2D eigenvalue weighted by atomic mass is 32.2. The van der Waals surface area contributed by atoms with Crippen LogP contribution in [0.2, 0.25) is 0 Å². The predicted molar refractivity (Wildman–Crippen MR) is 103 cm³/mol. The molecule has 0 amide bonds. The normalized spacial score (nSPS) is 16.3. The second-order valence-electron chi connectivity index (χ2n) is 7.54. The molecule has 156 valence electrons. The molecule has 0 bridgehead atoms. The molecule has 0 aliphatic heterocycles. The molecule has 1 aliphatic rings. The summed E-state index contributed by atoms with van der Waals surface area (Å²) in [5.74, 6) is -2.33. The Bertz CT molecular complexity index is 1020. The van der Waals surface area contributed by atoms with Crippen molar-refractivity contribution >= 4 is 16.1 Å². The summed E-state index contributed by atoms with van der Waals surface area (Å²) < 4.78 is 56.9. The van der Waals surface area contributed by atoms with Crippen molar-refractivity contribution in [1.29, 1.82) is 0 Å². The number of esters is 1. The molecule has 1 atom stereocenters. The number of halogens is 1. The Labute approximate surface area is 169 Å². The zero-order valence-corrected chi connectivity index (χ0v) is 17.0. The van der Waals surface area contributed by atoms with E-state index in [-0.39, 0.29) is 17.2 Å². The summed E-state index contributed by atoms with van der Waals surface area (Å²) in [6.45, 7) is 3.19. The van der Waals surface area contributed by atoms with Crippen LogP contribution in [0.4, 0.5) is 4.39 Å². The largest absolute Gasteiger partial charge is 0.748 e. The van der Waals surface area contributed by atoms with Crippen LogP contribution >= 0.6 is 0 Å². The van der Waals surface area contributed by atoms with Crippen LogP contribution in [0, 0.1) is 5.82 Å². The number of rotatable bonds is 7. The molecule has 2 aromatic rings. The molecule has 0 fully saturated rings. The van der Waals surface area contributed by atoms with Crippen molar-refractivity contribution in [1.82, 2.24) is 0 Å². The van der Waals surface area contributed by atoms with Gasteiger partial charge in [-0.1, -0.05) is 24.3 Å². The number of ether oxygens (including phenoxy) is 2. The van der Waals surface area contributed by atoms with Crippen molar-refractivity contribution in [2.45, 2.75) is 38.2 Å². The summed E-state index contributed by atoms with van der Waals surface area (Å²) in [4.78, 5) is 12.1. The number of hydrogen-bond donors (Lipinski definition) is 0. The van der Waals surface area contributed by atoms with E-state index in [1.165, 1.54) is 23.3 Å². The van der Waals surface area contributed by atoms with Gasteiger partial charge in [-0.3, -0.25) is 0 Å². The Morgan fingerprint density at radius 1 is 1.24 bits per heavy atom. The smallest absolute Gasteiger partial charge is 0.338 e. The maximum Gasteiger partial charge on any atom is 0.338 e. The minimum atomic E-state index is -4.49. The molecule has 0 spiro atoms. The van der Waals surface area contributed by atoms with E-state index in [9.17, 15) is 22.2 Å². The average Bonchev–Trinajstić information content (AvgIpc) is 3.07. The number of carbonyl (C=O) groups is 1. The Hall–Kier alpha value is -2.45. The van der Waals surface area contributed by atoms with Crippen LogP contribution in [0.5, 0.6) is 5.75 Å². The summed E-state index contributed by atoms with van der Waals surface area (Å²) in [6.07, 6.45) is 1.80. The molecule has 0 radical (unpaired) electrons. The van der Waals surface area contributed by atoms with E-state index < -0.39 is 39.9 Å². The van der Waals surface area contributed by atoms with Crippen LogP contribution in [0.1, 0.15) is 47.7 Å². The highest BCUT2D eigenvalue weighted by molar-refractivity contribution is 7.85. The first-order valence-electron chi connectivity index (χ1n) is 9.24. The molecule has 0 heterocycles. The number of hydrogen-bond acceptors (Lipinski definition) is 6. The van der Waals surface area contributed by atoms with Gasteiger partial charge in [-0.2, -0.15) is 0 Å². The van der Waals surface area contributed by atoms with Crippen LogP contribution in [-0.2, 0) is 21.3 Å². The molecule has 8 heteroatoms. The SMILES string of the molecule is CC(C)(Oc1cc(C(=O)OCCS(=O)(=O)[O-])ccc1F)C1CCc2ccccc21. The van der Waals surface area contributed by atoms with Gasteiger partial charge in [0.2, 0.25) is 0 Å². The highest BCUT2D eigenvalue weighted by Crippen LogP contribution is 2.42. The van der Waals surface area contributed by atoms with Gasteiger partial charge in [0, 0.05) is 5.92 Å². The third kappa shape index (κ3) is 5.13. The fourth-order valence-electron chi connectivity index (χ4n) is 3.66. The molecule has 6 nitrogen and oxygen atoms in total. The molecule has 1 aliphatic carbocycles. The molecule has 0 saturated carbocycles. The molecule has 0 saturated heterocycles. The lowest BCUT2D eigenvalue weighted by atomic mass is 9.85. The zero-order chi connectivity index (χ0) is 21.2. The van der Waals surface area contributed by atoms with E-state index in [4.69, 9.17) is 9.47 Å². The van der Waals surface area contributed by atoms with Gasteiger partial charge in [-0.05, 0) is 56.0 Å². The van der Waals surface area contributed by atoms with Gasteiger partial charge in [0.1, 0.15) is 12.2 Å². The van der Waals surface area contributed by atoms with Gasteiger partial charge < -0.3 is 14.0 Å². The summed E-state index contributed by atoms with van der Waals surface area (Å²) >= 11 is 0. The molecule has 3 rings (SSSR count). The van der Waals surface area contributed by atoms with E-state index >= 15 is 0 Å². The molecular weight excluding hydrogens is 399 g/mol. The Balaban J connectivity index is 1.75. The summed E-state index contributed by atoms with van der Waals surface area (Å²) in [7, 11) is -4.49. The van der Waals surface area contributed by atoms with Crippen LogP contribution in [0.3, 0.4) is 0 Å². The molecule has 0 N–H and O–H groups in total. The van der Waals surface area contributed by atoms with Crippen molar-refractivity contribution in [3.63, 3.8) is 0 Å². The maximum atomic E-state index is 14.4. The van der Waals surface area contributed by atoms with Crippen molar-refractivity contribution in [2.24, 2.45) is 0 Å². The number of aryl methyl sites for hydroxylation is 1. The van der Waals surface area contributed by atoms with Gasteiger partial charge in [0.15, 0.2) is 11.6 Å². The quantitative estimate of drug-likeness (QED) is 0.502. The van der Waals surface area contributed by atoms with Crippen LogP contribution in [0.15, 0.2) is 42.5 Å². The van der Waals surface area contributed by atoms with Crippen LogP contribution < -0.4 is 4.74 Å². The first kappa shape index (κ1) is 21.3. The van der Waals surface area contributed by atoms with E-state index in [0.717, 1.165) is 18.9 Å². The van der Waals surface area contributed by atoms with Crippen molar-refractivity contribution in [2.75, 3.05) is 12.4 Å². The highest BCUT2D eigenvalue weighted by Gasteiger charge is 2.37. The third-order valence-electron chi connectivity index (χ3n) is 5.08. The van der Waals surface area contributed by atoms with Gasteiger partial charge in [-0.25, -0.2) is 17.6 Å². The first-order chi connectivity index (χ1) is 13.6. The Morgan fingerprint density at radius 2 is 1.97 bits per heavy atom. The molecule has 1 unspecified atom stereocenters. The van der Waals surface area contributed by atoms with Crippen molar-refractivity contribution < 1.29 is 31.6 Å². The number of carbonyl (C=O) groups excluding carboxylic acids is 1. The predicted octanol–water partition coefficient (Wildman–Crippen LogP) is 3.42. The zero-order valence-electron chi connectivity index (χ0n) is 16.2. The lowest BCUT2D eigenvalue weighted by Gasteiger charge is -2.33. The van der Waals surface area contributed by atoms with E-state index in [1.807, 2.05) is 32.0 Å². The lowest BCUT2D eigenvalue weighted by molar-refractivity contribution is 0.0521. The minimum Gasteiger partial charge on any atom is -0.748 e. The maximum absolute atomic E-state index is 14.4. The van der Waals surface area contributed by atoms with Crippen molar-refractivity contribution in [3.05, 3.63) is 65.0 Å². The number of benzene rings is 2. The van der Waals surface area contributed by atoms with E-state index in [0.29, 0.717) is 0 Å². The summed E-state index contributed by atoms with van der Waals surface area (Å²) in [5, 5.41) is 0.